The molecule has 0 aliphatic rings. The summed E-state index contributed by atoms with van der Waals surface area (Å²) in [5.41, 5.74) is 0. The Balaban J connectivity index is 1.93. The highest BCUT2D eigenvalue weighted by Crippen LogP contribution is 2.26. The summed E-state index contributed by atoms with van der Waals surface area (Å²) < 4.78 is 1.89. The van der Waals surface area contributed by atoms with Gasteiger partial charge in [0.15, 0.2) is 5.82 Å². The van der Waals surface area contributed by atoms with Gasteiger partial charge < -0.3 is 9.88 Å². The van der Waals surface area contributed by atoms with Crippen molar-refractivity contribution in [3.05, 3.63) is 29.9 Å². The zero-order valence-electron chi connectivity index (χ0n) is 10.0. The number of thiophene rings is 1. The second-order valence-corrected chi connectivity index (χ2v) is 4.92. The molecule has 0 aliphatic carbocycles. The highest BCUT2D eigenvalue weighted by molar-refractivity contribution is 7.16. The molecule has 0 saturated carbocycles. The van der Waals surface area contributed by atoms with E-state index in [0.29, 0.717) is 0 Å². The van der Waals surface area contributed by atoms with Crippen LogP contribution in [0.3, 0.4) is 0 Å². The predicted octanol–water partition coefficient (Wildman–Crippen LogP) is 1.99. The van der Waals surface area contributed by atoms with Gasteiger partial charge in [-0.15, -0.1) is 21.5 Å². The van der Waals surface area contributed by atoms with Gasteiger partial charge in [-0.25, -0.2) is 9.97 Å². The first-order valence-electron chi connectivity index (χ1n) is 5.54. The van der Waals surface area contributed by atoms with Gasteiger partial charge >= 0.3 is 0 Å². The van der Waals surface area contributed by atoms with Crippen LogP contribution in [0.15, 0.2) is 24.1 Å². The summed E-state index contributed by atoms with van der Waals surface area (Å²) >= 11 is 1.60. The molecule has 3 heterocycles. The van der Waals surface area contributed by atoms with E-state index in [1.165, 1.54) is 0 Å². The van der Waals surface area contributed by atoms with Crippen LogP contribution in [0.2, 0.25) is 0 Å². The second kappa shape index (κ2) is 4.34. The SMILES string of the molecule is C[C@H](Nc1ncnc2sccc12)c1nncn1C. The summed E-state index contributed by atoms with van der Waals surface area (Å²) in [5, 5.41) is 14.4. The van der Waals surface area contributed by atoms with Gasteiger partial charge in [-0.3, -0.25) is 0 Å². The lowest BCUT2D eigenvalue weighted by Gasteiger charge is -2.13. The molecule has 0 fully saturated rings. The highest BCUT2D eigenvalue weighted by Gasteiger charge is 2.13. The minimum atomic E-state index is 0.0375. The van der Waals surface area contributed by atoms with E-state index < -0.39 is 0 Å². The first-order valence-corrected chi connectivity index (χ1v) is 6.42. The Labute approximate surface area is 108 Å². The van der Waals surface area contributed by atoms with Gasteiger partial charge in [0, 0.05) is 7.05 Å². The number of fused-ring (bicyclic) bond motifs is 1. The molecule has 1 atom stereocenters. The third kappa shape index (κ3) is 1.82. The van der Waals surface area contributed by atoms with Crippen molar-refractivity contribution in [2.45, 2.75) is 13.0 Å². The average molecular weight is 260 g/mol. The largest absolute Gasteiger partial charge is 0.360 e. The van der Waals surface area contributed by atoms with Crippen molar-refractivity contribution >= 4 is 27.4 Å². The van der Waals surface area contributed by atoms with Crippen LogP contribution in [0, 0.1) is 0 Å². The lowest BCUT2D eigenvalue weighted by Crippen LogP contribution is -2.13. The zero-order valence-corrected chi connectivity index (χ0v) is 10.8. The highest BCUT2D eigenvalue weighted by atomic mass is 32.1. The van der Waals surface area contributed by atoms with Crippen molar-refractivity contribution in [1.29, 1.82) is 0 Å². The van der Waals surface area contributed by atoms with Crippen molar-refractivity contribution in [3.63, 3.8) is 0 Å². The molecule has 18 heavy (non-hydrogen) atoms. The lowest BCUT2D eigenvalue weighted by atomic mass is 10.3. The Hall–Kier alpha value is -2.02. The summed E-state index contributed by atoms with van der Waals surface area (Å²) in [6.07, 6.45) is 3.26. The maximum absolute atomic E-state index is 4.29. The van der Waals surface area contributed by atoms with E-state index in [1.807, 2.05) is 30.0 Å². The molecular formula is C11H12N6S. The first kappa shape index (κ1) is 11.1. The molecular weight excluding hydrogens is 248 g/mol. The summed E-state index contributed by atoms with van der Waals surface area (Å²) in [6, 6.07) is 2.06. The Morgan fingerprint density at radius 2 is 2.28 bits per heavy atom. The summed E-state index contributed by atoms with van der Waals surface area (Å²) in [4.78, 5) is 9.49. The smallest absolute Gasteiger partial charge is 0.154 e. The molecule has 7 heteroatoms. The quantitative estimate of drug-likeness (QED) is 0.780. The van der Waals surface area contributed by atoms with Gasteiger partial charge in [-0.1, -0.05) is 0 Å². The maximum atomic E-state index is 4.29. The number of nitrogens with one attached hydrogen (secondary N) is 1. The van der Waals surface area contributed by atoms with E-state index in [1.54, 1.807) is 24.0 Å². The molecule has 0 bridgehead atoms. The molecule has 0 aromatic carbocycles. The number of anilines is 1. The Kier molecular flexibility index (Phi) is 2.67. The van der Waals surface area contributed by atoms with Crippen LogP contribution in [0.25, 0.3) is 10.2 Å². The fourth-order valence-corrected chi connectivity index (χ4v) is 2.59. The first-order chi connectivity index (χ1) is 8.75. The van der Waals surface area contributed by atoms with Crippen molar-refractivity contribution < 1.29 is 0 Å². The van der Waals surface area contributed by atoms with E-state index in [-0.39, 0.29) is 6.04 Å². The molecule has 3 rings (SSSR count). The number of hydrogen-bond donors (Lipinski definition) is 1. The predicted molar refractivity (Wildman–Crippen MR) is 70.5 cm³/mol. The van der Waals surface area contributed by atoms with Gasteiger partial charge in [0.2, 0.25) is 0 Å². The lowest BCUT2D eigenvalue weighted by molar-refractivity contribution is 0.717. The molecule has 0 saturated heterocycles. The van der Waals surface area contributed by atoms with Crippen LogP contribution in [-0.4, -0.2) is 24.7 Å². The van der Waals surface area contributed by atoms with Crippen LogP contribution in [0.5, 0.6) is 0 Å². The van der Waals surface area contributed by atoms with Gasteiger partial charge in [-0.05, 0) is 18.4 Å². The van der Waals surface area contributed by atoms with Crippen molar-refractivity contribution in [3.8, 4) is 0 Å². The third-order valence-corrected chi connectivity index (χ3v) is 3.57. The number of aromatic nitrogens is 5. The monoisotopic (exact) mass is 260 g/mol. The van der Waals surface area contributed by atoms with Gasteiger partial charge in [0.05, 0.1) is 11.4 Å². The van der Waals surface area contributed by atoms with Crippen molar-refractivity contribution in [2.24, 2.45) is 7.05 Å². The normalized spacial score (nSPS) is 12.8. The van der Waals surface area contributed by atoms with Crippen molar-refractivity contribution in [1.82, 2.24) is 24.7 Å². The van der Waals surface area contributed by atoms with E-state index in [0.717, 1.165) is 21.9 Å². The summed E-state index contributed by atoms with van der Waals surface area (Å²) in [5.74, 6) is 1.70. The standard InChI is InChI=1S/C11H12N6S/c1-7(10-16-14-6-17(10)2)15-9-8-3-4-18-11(8)13-5-12-9/h3-7H,1-2H3,(H,12,13,15)/t7-/m0/s1. The Morgan fingerprint density at radius 3 is 3.06 bits per heavy atom. The molecule has 6 nitrogen and oxygen atoms in total. The Morgan fingerprint density at radius 1 is 1.39 bits per heavy atom. The topological polar surface area (TPSA) is 68.5 Å². The van der Waals surface area contributed by atoms with Gasteiger partial charge in [0.25, 0.3) is 0 Å². The molecule has 92 valence electrons. The number of hydrogen-bond acceptors (Lipinski definition) is 6. The zero-order chi connectivity index (χ0) is 12.5. The number of nitrogens with zero attached hydrogens (tertiary/aromatic N) is 5. The Bertz CT molecular complexity index is 673. The van der Waals surface area contributed by atoms with E-state index in [9.17, 15) is 0 Å². The summed E-state index contributed by atoms with van der Waals surface area (Å²) in [6.45, 7) is 2.03. The molecule has 0 aliphatic heterocycles. The van der Waals surface area contributed by atoms with E-state index in [4.69, 9.17) is 0 Å². The van der Waals surface area contributed by atoms with Gasteiger partial charge in [-0.2, -0.15) is 0 Å². The van der Waals surface area contributed by atoms with E-state index >= 15 is 0 Å². The maximum Gasteiger partial charge on any atom is 0.154 e. The molecule has 0 radical (unpaired) electrons. The van der Waals surface area contributed by atoms with Gasteiger partial charge in [0.1, 0.15) is 23.3 Å². The van der Waals surface area contributed by atoms with Crippen LogP contribution in [0.4, 0.5) is 5.82 Å². The number of rotatable bonds is 3. The summed E-state index contributed by atoms with van der Waals surface area (Å²) in [7, 11) is 1.92. The molecule has 3 aromatic heterocycles. The number of aryl methyl sites for hydroxylation is 1. The van der Waals surface area contributed by atoms with Crippen LogP contribution in [0.1, 0.15) is 18.8 Å². The second-order valence-electron chi connectivity index (χ2n) is 4.03. The minimum Gasteiger partial charge on any atom is -0.360 e. The molecule has 0 spiro atoms. The van der Waals surface area contributed by atoms with Crippen molar-refractivity contribution in [2.75, 3.05) is 5.32 Å². The molecule has 0 unspecified atom stereocenters. The molecule has 0 amide bonds. The fraction of sp³-hybridized carbons (Fsp3) is 0.273. The minimum absolute atomic E-state index is 0.0375. The average Bonchev–Trinajstić information content (AvgIpc) is 2.97. The molecule has 1 N–H and O–H groups in total. The molecule has 3 aromatic rings. The fourth-order valence-electron chi connectivity index (χ4n) is 1.86. The van der Waals surface area contributed by atoms with Crippen LogP contribution < -0.4 is 5.32 Å². The van der Waals surface area contributed by atoms with E-state index in [2.05, 4.69) is 25.5 Å². The third-order valence-electron chi connectivity index (χ3n) is 2.75. The van der Waals surface area contributed by atoms with Crippen LogP contribution >= 0.6 is 11.3 Å². The van der Waals surface area contributed by atoms with Crippen LogP contribution in [-0.2, 0) is 7.05 Å².